The van der Waals surface area contributed by atoms with E-state index in [1.165, 1.54) is 18.2 Å². The molecule has 0 saturated heterocycles. The fourth-order valence-corrected chi connectivity index (χ4v) is 1.77. The third-order valence-corrected chi connectivity index (χ3v) is 2.67. The fourth-order valence-electron chi connectivity index (χ4n) is 1.77. The molecule has 0 fully saturated rings. The number of carbonyl (C=O) groups excluding carboxylic acids is 1. The van der Waals surface area contributed by atoms with Gasteiger partial charge in [-0.15, -0.1) is 0 Å². The summed E-state index contributed by atoms with van der Waals surface area (Å²) in [5.41, 5.74) is -0.861. The average Bonchev–Trinajstić information content (AvgIpc) is 2.41. The molecule has 1 aromatic carbocycles. The van der Waals surface area contributed by atoms with Crippen molar-refractivity contribution in [1.29, 1.82) is 0 Å². The number of aliphatic carboxylic acids is 1. The molecule has 20 heavy (non-hydrogen) atoms. The highest BCUT2D eigenvalue weighted by molar-refractivity contribution is 6.01. The first kappa shape index (κ1) is 13.5. The minimum atomic E-state index is -1.09. The van der Waals surface area contributed by atoms with E-state index in [0.717, 1.165) is 0 Å². The van der Waals surface area contributed by atoms with Crippen LogP contribution in [-0.4, -0.2) is 27.2 Å². The predicted molar refractivity (Wildman–Crippen MR) is 70.7 cm³/mol. The van der Waals surface area contributed by atoms with Crippen LogP contribution in [0.25, 0.3) is 10.8 Å². The Labute approximate surface area is 111 Å². The topological polar surface area (TPSA) is 132 Å². The lowest BCUT2D eigenvalue weighted by Gasteiger charge is -2.06. The number of nitrogens with one attached hydrogen (secondary N) is 3. The molecule has 0 radical (unpaired) electrons. The van der Waals surface area contributed by atoms with Gasteiger partial charge in [0.2, 0.25) is 5.91 Å². The predicted octanol–water partition coefficient (Wildman–Crippen LogP) is 0.0197. The molecule has 0 aliphatic carbocycles. The molecule has 1 heterocycles. The van der Waals surface area contributed by atoms with Crippen LogP contribution in [0.2, 0.25) is 0 Å². The summed E-state index contributed by atoms with van der Waals surface area (Å²) in [6, 6.07) is 4.44. The quantitative estimate of drug-likeness (QED) is 0.625. The number of amides is 1. The van der Waals surface area contributed by atoms with Crippen LogP contribution in [0.1, 0.15) is 12.8 Å². The number of carboxylic acids is 1. The Morgan fingerprint density at radius 2 is 1.80 bits per heavy atom. The third kappa shape index (κ3) is 2.74. The molecule has 2 aromatic rings. The van der Waals surface area contributed by atoms with Crippen molar-refractivity contribution in [2.24, 2.45) is 0 Å². The molecule has 0 aliphatic heterocycles. The molecule has 0 aliphatic rings. The standard InChI is InChI=1S/C12H11N3O5/c16-8(4-5-9(17)18)13-7-3-1-2-6-10(7)12(20)15-14-11(6)19/h1-3H,4-5H2,(H,13,16)(H,14,19)(H,15,20)(H,17,18). The van der Waals surface area contributed by atoms with Crippen LogP contribution in [0.5, 0.6) is 0 Å². The van der Waals surface area contributed by atoms with Gasteiger partial charge in [0.05, 0.1) is 22.9 Å². The second kappa shape index (κ2) is 5.39. The lowest BCUT2D eigenvalue weighted by Crippen LogP contribution is -2.21. The number of anilines is 1. The van der Waals surface area contributed by atoms with Gasteiger partial charge in [0.15, 0.2) is 0 Å². The third-order valence-electron chi connectivity index (χ3n) is 2.67. The summed E-state index contributed by atoms with van der Waals surface area (Å²) in [5.74, 6) is -1.63. The summed E-state index contributed by atoms with van der Waals surface area (Å²) in [6.07, 6.45) is -0.527. The van der Waals surface area contributed by atoms with Crippen LogP contribution in [0.15, 0.2) is 27.8 Å². The van der Waals surface area contributed by atoms with E-state index in [1.807, 2.05) is 0 Å². The number of rotatable bonds is 4. The first-order chi connectivity index (χ1) is 9.49. The molecule has 104 valence electrons. The largest absolute Gasteiger partial charge is 0.481 e. The average molecular weight is 277 g/mol. The molecule has 1 amide bonds. The van der Waals surface area contributed by atoms with Gasteiger partial charge in [-0.3, -0.25) is 29.4 Å². The van der Waals surface area contributed by atoms with Crippen LogP contribution in [0.4, 0.5) is 5.69 Å². The zero-order valence-electron chi connectivity index (χ0n) is 10.2. The smallest absolute Gasteiger partial charge is 0.303 e. The van der Waals surface area contributed by atoms with E-state index >= 15 is 0 Å². The maximum absolute atomic E-state index is 11.7. The summed E-state index contributed by atoms with van der Waals surface area (Å²) >= 11 is 0. The molecule has 2 rings (SSSR count). The van der Waals surface area contributed by atoms with Gasteiger partial charge in [0, 0.05) is 6.42 Å². The fraction of sp³-hybridized carbons (Fsp3) is 0.167. The van der Waals surface area contributed by atoms with Crippen LogP contribution in [0.3, 0.4) is 0 Å². The van der Waals surface area contributed by atoms with E-state index in [0.29, 0.717) is 0 Å². The number of aromatic nitrogens is 2. The maximum Gasteiger partial charge on any atom is 0.303 e. The Hall–Kier alpha value is -2.90. The Morgan fingerprint density at radius 1 is 1.10 bits per heavy atom. The van der Waals surface area contributed by atoms with Crippen LogP contribution < -0.4 is 16.4 Å². The summed E-state index contributed by atoms with van der Waals surface area (Å²) in [4.78, 5) is 45.3. The molecule has 8 heteroatoms. The SMILES string of the molecule is O=C(O)CCC(=O)Nc1cccc2c(=O)[nH][nH]c(=O)c12. The van der Waals surface area contributed by atoms with Crippen molar-refractivity contribution in [3.8, 4) is 0 Å². The molecule has 1 aromatic heterocycles. The molecule has 0 spiro atoms. The Balaban J connectivity index is 2.38. The molecule has 0 atom stereocenters. The van der Waals surface area contributed by atoms with Crippen molar-refractivity contribution >= 4 is 28.3 Å². The zero-order valence-corrected chi connectivity index (χ0v) is 10.2. The number of aromatic amines is 2. The second-order valence-electron chi connectivity index (χ2n) is 4.08. The number of carbonyl (C=O) groups is 2. The number of carboxylic acid groups (broad SMARTS) is 1. The Kier molecular flexibility index (Phi) is 3.65. The molecular weight excluding hydrogens is 266 g/mol. The van der Waals surface area contributed by atoms with Crippen LogP contribution in [-0.2, 0) is 9.59 Å². The molecule has 8 nitrogen and oxygen atoms in total. The van der Waals surface area contributed by atoms with Crippen molar-refractivity contribution in [1.82, 2.24) is 10.2 Å². The second-order valence-corrected chi connectivity index (χ2v) is 4.08. The van der Waals surface area contributed by atoms with Gasteiger partial charge in [-0.25, -0.2) is 0 Å². The van der Waals surface area contributed by atoms with Crippen molar-refractivity contribution in [3.63, 3.8) is 0 Å². The van der Waals surface area contributed by atoms with E-state index in [2.05, 4.69) is 15.5 Å². The van der Waals surface area contributed by atoms with E-state index in [9.17, 15) is 19.2 Å². The van der Waals surface area contributed by atoms with Gasteiger partial charge in [-0.1, -0.05) is 6.07 Å². The minimum absolute atomic E-state index is 0.0555. The zero-order chi connectivity index (χ0) is 14.7. The summed E-state index contributed by atoms with van der Waals surface area (Å²) in [7, 11) is 0. The number of hydrogen-bond acceptors (Lipinski definition) is 4. The molecule has 0 bridgehead atoms. The first-order valence-corrected chi connectivity index (χ1v) is 5.74. The highest BCUT2D eigenvalue weighted by Crippen LogP contribution is 2.16. The Morgan fingerprint density at radius 3 is 2.50 bits per heavy atom. The van der Waals surface area contributed by atoms with Gasteiger partial charge in [0.1, 0.15) is 0 Å². The summed E-state index contributed by atoms with van der Waals surface area (Å²) in [6.45, 7) is 0. The van der Waals surface area contributed by atoms with Gasteiger partial charge >= 0.3 is 5.97 Å². The molecular formula is C12H11N3O5. The highest BCUT2D eigenvalue weighted by Gasteiger charge is 2.11. The number of hydrogen-bond donors (Lipinski definition) is 4. The van der Waals surface area contributed by atoms with Gasteiger partial charge in [-0.2, -0.15) is 0 Å². The summed E-state index contributed by atoms with van der Waals surface area (Å²) < 4.78 is 0. The monoisotopic (exact) mass is 277 g/mol. The van der Waals surface area contributed by atoms with Gasteiger partial charge in [-0.05, 0) is 12.1 Å². The first-order valence-electron chi connectivity index (χ1n) is 5.74. The van der Waals surface area contributed by atoms with Gasteiger partial charge < -0.3 is 10.4 Å². The summed E-state index contributed by atoms with van der Waals surface area (Å²) in [5, 5.41) is 15.5. The van der Waals surface area contributed by atoms with E-state index in [4.69, 9.17) is 5.11 Å². The van der Waals surface area contributed by atoms with Gasteiger partial charge in [0.25, 0.3) is 11.1 Å². The van der Waals surface area contributed by atoms with Crippen LogP contribution in [0, 0.1) is 0 Å². The molecule has 0 saturated carbocycles. The lowest BCUT2D eigenvalue weighted by molar-refractivity contribution is -0.138. The van der Waals surface area contributed by atoms with Crippen molar-refractivity contribution < 1.29 is 14.7 Å². The van der Waals surface area contributed by atoms with E-state index in [1.54, 1.807) is 0 Å². The maximum atomic E-state index is 11.7. The highest BCUT2D eigenvalue weighted by atomic mass is 16.4. The molecule has 4 N–H and O–H groups in total. The van der Waals surface area contributed by atoms with Crippen molar-refractivity contribution in [2.45, 2.75) is 12.8 Å². The number of benzene rings is 1. The lowest BCUT2D eigenvalue weighted by atomic mass is 10.1. The van der Waals surface area contributed by atoms with E-state index in [-0.39, 0.29) is 29.3 Å². The van der Waals surface area contributed by atoms with Crippen molar-refractivity contribution in [3.05, 3.63) is 38.9 Å². The van der Waals surface area contributed by atoms with E-state index < -0.39 is 23.0 Å². The molecule has 0 unspecified atom stereocenters. The minimum Gasteiger partial charge on any atom is -0.481 e. The number of H-pyrrole nitrogens is 2. The van der Waals surface area contributed by atoms with Crippen molar-refractivity contribution in [2.75, 3.05) is 5.32 Å². The van der Waals surface area contributed by atoms with Crippen LogP contribution >= 0.6 is 0 Å². The number of fused-ring (bicyclic) bond motifs is 1. The normalized spacial score (nSPS) is 10.4. The Bertz CT molecular complexity index is 790.